The summed E-state index contributed by atoms with van der Waals surface area (Å²) in [6, 6.07) is 4.73. The highest BCUT2D eigenvalue weighted by Crippen LogP contribution is 2.30. The molecule has 1 unspecified atom stereocenters. The van der Waals surface area contributed by atoms with Gasteiger partial charge in [-0.25, -0.2) is 4.39 Å². The Kier molecular flexibility index (Phi) is 5.83. The van der Waals surface area contributed by atoms with Gasteiger partial charge in [0.15, 0.2) is 0 Å². The van der Waals surface area contributed by atoms with Crippen LogP contribution in [0.2, 0.25) is 0 Å². The summed E-state index contributed by atoms with van der Waals surface area (Å²) >= 11 is 0. The number of benzene rings is 1. The topological polar surface area (TPSA) is 56.2 Å². The van der Waals surface area contributed by atoms with Crippen molar-refractivity contribution in [1.29, 1.82) is 0 Å². The first kappa shape index (κ1) is 18.3. The SMILES string of the molecule is CCOc1ccc(C(OCC)c2c(C)n(C(C)C)[nH]c2=O)c(F)c1. The van der Waals surface area contributed by atoms with Gasteiger partial charge in [0.1, 0.15) is 17.7 Å². The maximum Gasteiger partial charge on any atom is 0.270 e. The number of aromatic amines is 1. The molecule has 6 heteroatoms. The molecule has 0 amide bonds. The van der Waals surface area contributed by atoms with Crippen molar-refractivity contribution in [3.63, 3.8) is 0 Å². The van der Waals surface area contributed by atoms with Crippen LogP contribution in [-0.2, 0) is 4.74 Å². The van der Waals surface area contributed by atoms with Gasteiger partial charge in [0.2, 0.25) is 0 Å². The Labute approximate surface area is 141 Å². The summed E-state index contributed by atoms with van der Waals surface area (Å²) in [6.45, 7) is 10.3. The summed E-state index contributed by atoms with van der Waals surface area (Å²) < 4.78 is 27.4. The Morgan fingerprint density at radius 3 is 2.46 bits per heavy atom. The summed E-state index contributed by atoms with van der Waals surface area (Å²) in [7, 11) is 0. The molecule has 1 heterocycles. The molecule has 0 bridgehead atoms. The van der Waals surface area contributed by atoms with Gasteiger partial charge in [0.05, 0.1) is 12.2 Å². The minimum Gasteiger partial charge on any atom is -0.494 e. The molecule has 24 heavy (non-hydrogen) atoms. The third-order valence-corrected chi connectivity index (χ3v) is 3.90. The number of nitrogens with zero attached hydrogens (tertiary/aromatic N) is 1. The Morgan fingerprint density at radius 1 is 1.25 bits per heavy atom. The molecule has 0 saturated carbocycles. The monoisotopic (exact) mass is 336 g/mol. The minimum atomic E-state index is -0.755. The second-order valence-electron chi connectivity index (χ2n) is 5.86. The first-order valence-corrected chi connectivity index (χ1v) is 8.25. The molecular formula is C18H25FN2O3. The number of aromatic nitrogens is 2. The van der Waals surface area contributed by atoms with Crippen LogP contribution in [0, 0.1) is 12.7 Å². The fraction of sp³-hybridized carbons (Fsp3) is 0.500. The summed E-state index contributed by atoms with van der Waals surface area (Å²) in [5, 5.41) is 2.81. The highest BCUT2D eigenvalue weighted by atomic mass is 19.1. The molecule has 0 aliphatic carbocycles. The second-order valence-corrected chi connectivity index (χ2v) is 5.86. The lowest BCUT2D eigenvalue weighted by Crippen LogP contribution is -2.17. The molecule has 1 atom stereocenters. The van der Waals surface area contributed by atoms with E-state index in [1.807, 2.05) is 34.6 Å². The number of H-pyrrole nitrogens is 1. The zero-order valence-electron chi connectivity index (χ0n) is 14.9. The molecule has 1 aromatic carbocycles. The summed E-state index contributed by atoms with van der Waals surface area (Å²) in [5.41, 5.74) is 1.26. The van der Waals surface area contributed by atoms with Gasteiger partial charge >= 0.3 is 0 Å². The standard InChI is InChI=1S/C18H25FN2O3/c1-6-23-13-8-9-14(15(19)10-13)17(24-7-2)16-12(5)21(11(3)4)20-18(16)22/h8-11,17H,6-7H2,1-5H3,(H,20,22). The molecule has 1 aromatic heterocycles. The molecule has 2 rings (SSSR count). The van der Waals surface area contributed by atoms with Gasteiger partial charge in [-0.05, 0) is 46.8 Å². The van der Waals surface area contributed by atoms with Gasteiger partial charge in [-0.1, -0.05) is 0 Å². The van der Waals surface area contributed by atoms with Crippen molar-refractivity contribution < 1.29 is 13.9 Å². The zero-order chi connectivity index (χ0) is 17.9. The predicted octanol–water partition coefficient (Wildman–Crippen LogP) is 3.73. The normalized spacial score (nSPS) is 12.6. The third kappa shape index (κ3) is 3.53. The summed E-state index contributed by atoms with van der Waals surface area (Å²) in [4.78, 5) is 12.4. The maximum absolute atomic E-state index is 14.6. The second kappa shape index (κ2) is 7.66. The number of hydrogen-bond donors (Lipinski definition) is 1. The summed E-state index contributed by atoms with van der Waals surface area (Å²) in [6.07, 6.45) is -0.755. The quantitative estimate of drug-likeness (QED) is 0.838. The molecule has 0 fully saturated rings. The van der Waals surface area contributed by atoms with Gasteiger partial charge in [-0.3, -0.25) is 14.6 Å². The molecule has 132 valence electrons. The Hall–Kier alpha value is -2.08. The lowest BCUT2D eigenvalue weighted by Gasteiger charge is -2.19. The lowest BCUT2D eigenvalue weighted by molar-refractivity contribution is 0.0874. The van der Waals surface area contributed by atoms with Gasteiger partial charge < -0.3 is 9.47 Å². The highest BCUT2D eigenvalue weighted by molar-refractivity contribution is 5.36. The van der Waals surface area contributed by atoms with Crippen molar-refractivity contribution in [3.8, 4) is 5.75 Å². The number of rotatable bonds is 7. The van der Waals surface area contributed by atoms with E-state index in [0.29, 0.717) is 30.1 Å². The van der Waals surface area contributed by atoms with E-state index >= 15 is 0 Å². The molecule has 0 aliphatic rings. The highest BCUT2D eigenvalue weighted by Gasteiger charge is 2.26. The average Bonchev–Trinajstić information content (AvgIpc) is 2.81. The molecule has 2 aromatic rings. The van der Waals surface area contributed by atoms with E-state index in [1.165, 1.54) is 6.07 Å². The van der Waals surface area contributed by atoms with Gasteiger partial charge in [-0.2, -0.15) is 0 Å². The summed E-state index contributed by atoms with van der Waals surface area (Å²) in [5.74, 6) is 0.00915. The molecule has 5 nitrogen and oxygen atoms in total. The smallest absolute Gasteiger partial charge is 0.270 e. The van der Waals surface area contributed by atoms with E-state index in [0.717, 1.165) is 5.69 Å². The largest absolute Gasteiger partial charge is 0.494 e. The molecular weight excluding hydrogens is 311 g/mol. The van der Waals surface area contributed by atoms with Crippen molar-refractivity contribution in [2.75, 3.05) is 13.2 Å². The van der Waals surface area contributed by atoms with Crippen LogP contribution < -0.4 is 10.3 Å². The Balaban J connectivity index is 2.53. The zero-order valence-corrected chi connectivity index (χ0v) is 14.9. The van der Waals surface area contributed by atoms with Crippen LogP contribution in [0.4, 0.5) is 4.39 Å². The van der Waals surface area contributed by atoms with Gasteiger partial charge in [-0.15, -0.1) is 0 Å². The van der Waals surface area contributed by atoms with Crippen molar-refractivity contribution in [1.82, 2.24) is 9.78 Å². The Bertz CT molecular complexity index is 749. The average molecular weight is 336 g/mol. The van der Waals surface area contributed by atoms with Gasteiger partial charge in [0.25, 0.3) is 5.56 Å². The lowest BCUT2D eigenvalue weighted by atomic mass is 10.0. The van der Waals surface area contributed by atoms with Crippen molar-refractivity contribution in [2.24, 2.45) is 0 Å². The molecule has 0 radical (unpaired) electrons. The molecule has 0 saturated heterocycles. The van der Waals surface area contributed by atoms with Crippen LogP contribution in [0.5, 0.6) is 5.75 Å². The fourth-order valence-corrected chi connectivity index (χ4v) is 2.84. The van der Waals surface area contributed by atoms with E-state index in [1.54, 1.807) is 16.8 Å². The molecule has 1 N–H and O–H groups in total. The fourth-order valence-electron chi connectivity index (χ4n) is 2.84. The van der Waals surface area contributed by atoms with Crippen LogP contribution in [0.25, 0.3) is 0 Å². The van der Waals surface area contributed by atoms with E-state index < -0.39 is 11.9 Å². The minimum absolute atomic E-state index is 0.0962. The molecule has 0 aliphatic heterocycles. The first-order chi connectivity index (χ1) is 11.4. The first-order valence-electron chi connectivity index (χ1n) is 8.25. The number of ether oxygens (including phenoxy) is 2. The van der Waals surface area contributed by atoms with E-state index in [4.69, 9.17) is 9.47 Å². The van der Waals surface area contributed by atoms with E-state index in [9.17, 15) is 9.18 Å². The third-order valence-electron chi connectivity index (χ3n) is 3.90. The number of nitrogens with one attached hydrogen (secondary N) is 1. The predicted molar refractivity (Wildman–Crippen MR) is 91.2 cm³/mol. The number of hydrogen-bond acceptors (Lipinski definition) is 3. The van der Waals surface area contributed by atoms with Crippen LogP contribution in [0.15, 0.2) is 23.0 Å². The van der Waals surface area contributed by atoms with E-state index in [-0.39, 0.29) is 11.6 Å². The van der Waals surface area contributed by atoms with Crippen LogP contribution in [0.1, 0.15) is 56.7 Å². The van der Waals surface area contributed by atoms with Crippen molar-refractivity contribution >= 4 is 0 Å². The maximum atomic E-state index is 14.6. The number of halogens is 1. The van der Waals surface area contributed by atoms with Crippen LogP contribution in [0.3, 0.4) is 0 Å². The van der Waals surface area contributed by atoms with Crippen molar-refractivity contribution in [3.05, 3.63) is 51.2 Å². The van der Waals surface area contributed by atoms with Crippen LogP contribution >= 0.6 is 0 Å². The Morgan fingerprint density at radius 2 is 1.96 bits per heavy atom. The molecule has 0 spiro atoms. The van der Waals surface area contributed by atoms with Crippen molar-refractivity contribution in [2.45, 2.75) is 46.8 Å². The van der Waals surface area contributed by atoms with E-state index in [2.05, 4.69) is 5.10 Å². The van der Waals surface area contributed by atoms with Crippen LogP contribution in [-0.4, -0.2) is 23.0 Å². The van der Waals surface area contributed by atoms with Gasteiger partial charge in [0, 0.05) is 30.0 Å².